The minimum atomic E-state index is -0.799. The first-order valence-electron chi connectivity index (χ1n) is 14.3. The summed E-state index contributed by atoms with van der Waals surface area (Å²) >= 11 is 1.56. The molecule has 1 spiro atoms. The van der Waals surface area contributed by atoms with Gasteiger partial charge in [0.05, 0.1) is 23.6 Å². The van der Waals surface area contributed by atoms with Crippen LogP contribution < -0.4 is 0 Å². The second-order valence-electron chi connectivity index (χ2n) is 11.5. The van der Waals surface area contributed by atoms with E-state index in [4.69, 9.17) is 23.7 Å². The molecule has 0 amide bonds. The van der Waals surface area contributed by atoms with Gasteiger partial charge in [0.25, 0.3) is 0 Å². The number of thioether (sulfide) groups is 1. The summed E-state index contributed by atoms with van der Waals surface area (Å²) in [5, 5.41) is 0. The molecule has 1 saturated heterocycles. The molecule has 3 heterocycles. The lowest BCUT2D eigenvalue weighted by molar-refractivity contribution is -0.173. The maximum absolute atomic E-state index is 13.3. The van der Waals surface area contributed by atoms with Gasteiger partial charge in [-0.15, -0.1) is 11.8 Å². The van der Waals surface area contributed by atoms with Crippen molar-refractivity contribution in [2.24, 2.45) is 23.7 Å². The second kappa shape index (κ2) is 13.3. The van der Waals surface area contributed by atoms with Crippen LogP contribution in [0.1, 0.15) is 57.9 Å². The first kappa shape index (κ1) is 31.5. The number of H-pyrrole nitrogens is 1. The molecule has 2 bridgehead atoms. The number of esters is 2. The summed E-state index contributed by atoms with van der Waals surface area (Å²) in [6, 6.07) is 3.36. The average molecular weight is 590 g/mol. The number of aromatic nitrogens is 1. The lowest BCUT2D eigenvalue weighted by Gasteiger charge is -2.41. The Morgan fingerprint density at radius 2 is 2.00 bits per heavy atom. The molecule has 1 aliphatic carbocycles. The number of carbonyl (C=O) groups excluding carboxylic acids is 3. The van der Waals surface area contributed by atoms with Gasteiger partial charge < -0.3 is 28.7 Å². The van der Waals surface area contributed by atoms with Crippen LogP contribution in [0.4, 0.5) is 0 Å². The minimum Gasteiger partial charge on any atom is -0.457 e. The maximum atomic E-state index is 13.3. The van der Waals surface area contributed by atoms with E-state index in [0.29, 0.717) is 24.5 Å². The number of aromatic amines is 1. The standard InChI is InChI=1S/C31H43NO8S/c1-17-13-18(2)31-15-22(28(40-31)27(19(3)20(4)33)39-29(34)24-9-8-12-32-24)10-11-23(31)14-25(36-6)30(35)38-26(17)21(5)37-16-41-7/h8-13,17,19,21-23,25-28,32H,14-16H2,1-7H3/b18-13+/t17-,19-,21-,22-,23-,25+,26+,27-,28-,31+/m1/s1. The Morgan fingerprint density at radius 3 is 2.63 bits per heavy atom. The Bertz CT molecular complexity index is 1150. The van der Waals surface area contributed by atoms with E-state index in [2.05, 4.69) is 23.2 Å². The SMILES string of the molecule is CO[C@H]1C[C@H]2C=C[C@@H]3C[C@]2(O[C@H]3[C@H](OC(=O)c2ccc[nH]2)[C@H](C)C(C)=O)/C(C)=C/[C@@H](C)[C@@H]([C@@H](C)OCSC)OC1=O. The average Bonchev–Trinajstić information content (AvgIpc) is 3.59. The Morgan fingerprint density at radius 1 is 1.24 bits per heavy atom. The van der Waals surface area contributed by atoms with Gasteiger partial charge >= 0.3 is 11.9 Å². The fraction of sp³-hybridized carbons (Fsp3) is 0.645. The van der Waals surface area contributed by atoms with Crippen LogP contribution >= 0.6 is 11.8 Å². The molecule has 0 saturated carbocycles. The molecule has 41 heavy (non-hydrogen) atoms. The molecule has 4 rings (SSSR count). The van der Waals surface area contributed by atoms with Crippen LogP contribution in [0.5, 0.6) is 0 Å². The van der Waals surface area contributed by atoms with E-state index in [1.165, 1.54) is 14.0 Å². The Hall–Kier alpha value is -2.40. The normalized spacial score (nSPS) is 34.9. The summed E-state index contributed by atoms with van der Waals surface area (Å²) < 4.78 is 30.6. The van der Waals surface area contributed by atoms with Gasteiger partial charge in [0.15, 0.2) is 6.10 Å². The smallest absolute Gasteiger partial charge is 0.355 e. The van der Waals surface area contributed by atoms with E-state index in [1.807, 2.05) is 27.0 Å². The monoisotopic (exact) mass is 589 g/mol. The van der Waals surface area contributed by atoms with Crippen molar-refractivity contribution >= 4 is 29.5 Å². The number of cyclic esters (lactones) is 1. The zero-order valence-electron chi connectivity index (χ0n) is 25.0. The van der Waals surface area contributed by atoms with E-state index in [9.17, 15) is 14.4 Å². The molecule has 1 aromatic rings. The number of fused-ring (bicyclic) bond motifs is 1. The number of ether oxygens (including phenoxy) is 5. The van der Waals surface area contributed by atoms with E-state index in [1.54, 1.807) is 37.0 Å². The number of nitrogens with one attached hydrogen (secondary N) is 1. The van der Waals surface area contributed by atoms with Crippen molar-refractivity contribution < 1.29 is 38.1 Å². The molecule has 1 aromatic heterocycles. The fourth-order valence-electron chi connectivity index (χ4n) is 6.41. The highest BCUT2D eigenvalue weighted by Crippen LogP contribution is 2.53. The lowest BCUT2D eigenvalue weighted by Crippen LogP contribution is -2.47. The molecule has 10 heteroatoms. The van der Waals surface area contributed by atoms with Crippen molar-refractivity contribution in [1.29, 1.82) is 0 Å². The third kappa shape index (κ3) is 6.50. The molecular formula is C31H43NO8S. The van der Waals surface area contributed by atoms with Gasteiger partial charge in [-0.05, 0) is 57.6 Å². The molecular weight excluding hydrogens is 546 g/mol. The first-order valence-corrected chi connectivity index (χ1v) is 15.7. The van der Waals surface area contributed by atoms with Crippen molar-refractivity contribution in [3.05, 3.63) is 47.8 Å². The predicted molar refractivity (Wildman–Crippen MR) is 155 cm³/mol. The van der Waals surface area contributed by atoms with Gasteiger partial charge in [0.1, 0.15) is 29.8 Å². The van der Waals surface area contributed by atoms with Crippen LogP contribution in [-0.2, 0) is 33.3 Å². The topological polar surface area (TPSA) is 113 Å². The Balaban J connectivity index is 1.72. The maximum Gasteiger partial charge on any atom is 0.355 e. The fourth-order valence-corrected chi connectivity index (χ4v) is 6.76. The highest BCUT2D eigenvalue weighted by Gasteiger charge is 2.57. The van der Waals surface area contributed by atoms with Gasteiger partial charge in [-0.3, -0.25) is 4.79 Å². The van der Waals surface area contributed by atoms with Crippen LogP contribution in [-0.4, -0.2) is 78.1 Å². The van der Waals surface area contributed by atoms with Crippen LogP contribution in [0, 0.1) is 23.7 Å². The largest absolute Gasteiger partial charge is 0.457 e. The van der Waals surface area contributed by atoms with E-state index in [-0.39, 0.29) is 29.6 Å². The molecule has 0 unspecified atom stereocenters. The van der Waals surface area contributed by atoms with Gasteiger partial charge in [-0.25, -0.2) is 9.59 Å². The highest BCUT2D eigenvalue weighted by molar-refractivity contribution is 7.98. The third-order valence-corrected chi connectivity index (χ3v) is 9.27. The zero-order chi connectivity index (χ0) is 29.9. The van der Waals surface area contributed by atoms with Crippen LogP contribution in [0.3, 0.4) is 0 Å². The van der Waals surface area contributed by atoms with Crippen molar-refractivity contribution in [2.45, 2.75) is 83.6 Å². The third-order valence-electron chi connectivity index (χ3n) is 8.89. The number of hydrogen-bond donors (Lipinski definition) is 1. The van der Waals surface area contributed by atoms with E-state index in [0.717, 1.165) is 5.57 Å². The summed E-state index contributed by atoms with van der Waals surface area (Å²) in [6.45, 7) is 9.25. The van der Waals surface area contributed by atoms with Crippen molar-refractivity contribution in [3.8, 4) is 0 Å². The summed E-state index contributed by atoms with van der Waals surface area (Å²) in [5.74, 6) is -1.61. The molecule has 226 valence electrons. The van der Waals surface area contributed by atoms with Gasteiger partial charge in [-0.2, -0.15) is 0 Å². The van der Waals surface area contributed by atoms with E-state index < -0.39 is 47.9 Å². The molecule has 0 aromatic carbocycles. The van der Waals surface area contributed by atoms with Gasteiger partial charge in [0, 0.05) is 31.1 Å². The van der Waals surface area contributed by atoms with Crippen LogP contribution in [0.2, 0.25) is 0 Å². The van der Waals surface area contributed by atoms with Gasteiger partial charge in [-0.1, -0.05) is 32.1 Å². The van der Waals surface area contributed by atoms with Crippen LogP contribution in [0.15, 0.2) is 42.1 Å². The summed E-state index contributed by atoms with van der Waals surface area (Å²) in [6.07, 6.45) is 7.86. The predicted octanol–water partition coefficient (Wildman–Crippen LogP) is 4.73. The first-order chi connectivity index (χ1) is 19.5. The Labute approximate surface area is 246 Å². The molecule has 10 atom stereocenters. The summed E-state index contributed by atoms with van der Waals surface area (Å²) in [5.41, 5.74) is 0.549. The number of Topliss-reactive ketones (excluding diaryl/α,β-unsaturated/α-hetero) is 1. The number of methoxy groups -OCH3 is 1. The highest BCUT2D eigenvalue weighted by atomic mass is 32.2. The minimum absolute atomic E-state index is 0.0894. The zero-order valence-corrected chi connectivity index (χ0v) is 25.8. The van der Waals surface area contributed by atoms with Gasteiger partial charge in [0.2, 0.25) is 0 Å². The number of hydrogen-bond acceptors (Lipinski definition) is 9. The quantitative estimate of drug-likeness (QED) is 0.235. The van der Waals surface area contributed by atoms with Crippen molar-refractivity contribution in [1.82, 2.24) is 4.98 Å². The van der Waals surface area contributed by atoms with E-state index >= 15 is 0 Å². The molecule has 0 radical (unpaired) electrons. The Kier molecular flexibility index (Phi) is 10.2. The lowest BCUT2D eigenvalue weighted by atomic mass is 9.69. The molecule has 2 aliphatic heterocycles. The van der Waals surface area contributed by atoms with Crippen molar-refractivity contribution in [3.63, 3.8) is 0 Å². The molecule has 1 N–H and O–H groups in total. The summed E-state index contributed by atoms with van der Waals surface area (Å²) in [7, 11) is 1.51. The molecule has 1 fully saturated rings. The second-order valence-corrected chi connectivity index (χ2v) is 12.3. The molecule has 3 aliphatic rings. The number of carbonyl (C=O) groups is 3. The van der Waals surface area contributed by atoms with Crippen molar-refractivity contribution in [2.75, 3.05) is 19.3 Å². The molecule has 9 nitrogen and oxygen atoms in total. The number of ketones is 1. The number of rotatable bonds is 10. The van der Waals surface area contributed by atoms with Crippen LogP contribution in [0.25, 0.3) is 0 Å². The summed E-state index contributed by atoms with van der Waals surface area (Å²) in [4.78, 5) is 41.8.